The lowest BCUT2D eigenvalue weighted by molar-refractivity contribution is 0.144. The topological polar surface area (TPSA) is 49.9 Å². The molecule has 4 heteroatoms. The highest BCUT2D eigenvalue weighted by molar-refractivity contribution is 5.62. The fourth-order valence-electron chi connectivity index (χ4n) is 2.44. The van der Waals surface area contributed by atoms with Crippen LogP contribution in [0.2, 0.25) is 0 Å². The van der Waals surface area contributed by atoms with Gasteiger partial charge in [-0.2, -0.15) is 0 Å². The maximum absolute atomic E-state index is 5.48. The Bertz CT molecular complexity index is 485. The van der Waals surface area contributed by atoms with Crippen molar-refractivity contribution >= 4 is 5.69 Å². The van der Waals surface area contributed by atoms with Crippen LogP contribution in [-0.4, -0.2) is 29.2 Å². The number of rotatable bonds is 3. The van der Waals surface area contributed by atoms with Crippen molar-refractivity contribution in [3.05, 3.63) is 36.8 Å². The van der Waals surface area contributed by atoms with Gasteiger partial charge in [-0.1, -0.05) is 12.1 Å². The molecule has 3 rings (SSSR count). The molecule has 0 saturated carbocycles. The average molecular weight is 257 g/mol. The fourth-order valence-corrected chi connectivity index (χ4v) is 2.44. The maximum Gasteiger partial charge on any atom is 0.0924 e. The van der Waals surface area contributed by atoms with Crippen molar-refractivity contribution in [2.75, 3.05) is 18.5 Å². The van der Waals surface area contributed by atoms with Crippen molar-refractivity contribution in [3.8, 4) is 11.3 Å². The van der Waals surface area contributed by atoms with Gasteiger partial charge in [-0.3, -0.25) is 0 Å². The Labute approximate surface area is 113 Å². The third kappa shape index (κ3) is 3.15. The van der Waals surface area contributed by atoms with Crippen LogP contribution in [0.4, 0.5) is 5.69 Å². The zero-order valence-electron chi connectivity index (χ0n) is 10.9. The summed E-state index contributed by atoms with van der Waals surface area (Å²) in [4.78, 5) is 7.15. The molecule has 19 heavy (non-hydrogen) atoms. The van der Waals surface area contributed by atoms with E-state index >= 15 is 0 Å². The first-order valence-electron chi connectivity index (χ1n) is 6.85. The van der Waals surface area contributed by atoms with Crippen molar-refractivity contribution < 1.29 is 4.74 Å². The zero-order valence-corrected chi connectivity index (χ0v) is 10.9. The van der Waals surface area contributed by atoms with E-state index in [0.717, 1.165) is 37.3 Å². The average Bonchev–Trinajstić information content (AvgIpc) is 2.86. The smallest absolute Gasteiger partial charge is 0.0924 e. The van der Waals surface area contributed by atoms with E-state index in [1.165, 1.54) is 12.1 Å². The summed E-state index contributed by atoms with van der Waals surface area (Å²) in [6, 6.07) is 9.01. The van der Waals surface area contributed by atoms with Crippen molar-refractivity contribution in [2.45, 2.75) is 25.3 Å². The molecular formula is C15H19N3O. The van der Waals surface area contributed by atoms with E-state index in [1.54, 1.807) is 6.33 Å². The molecule has 0 bridgehead atoms. The van der Waals surface area contributed by atoms with Gasteiger partial charge >= 0.3 is 0 Å². The van der Waals surface area contributed by atoms with E-state index in [1.807, 2.05) is 6.20 Å². The highest BCUT2D eigenvalue weighted by Gasteiger charge is 2.11. The van der Waals surface area contributed by atoms with Crippen molar-refractivity contribution in [2.24, 2.45) is 0 Å². The molecule has 1 unspecified atom stereocenters. The van der Waals surface area contributed by atoms with Gasteiger partial charge in [0.25, 0.3) is 0 Å². The number of hydrogen-bond donors (Lipinski definition) is 2. The Hall–Kier alpha value is -1.81. The Kier molecular flexibility index (Phi) is 3.79. The molecule has 1 saturated heterocycles. The van der Waals surface area contributed by atoms with Gasteiger partial charge in [0.2, 0.25) is 0 Å². The maximum atomic E-state index is 5.48. The number of aromatic nitrogens is 2. The summed E-state index contributed by atoms with van der Waals surface area (Å²) in [5, 5.41) is 3.59. The predicted molar refractivity (Wildman–Crippen MR) is 76.1 cm³/mol. The molecule has 0 radical (unpaired) electrons. The molecule has 2 N–H and O–H groups in total. The molecule has 0 spiro atoms. The van der Waals surface area contributed by atoms with Gasteiger partial charge in [0.1, 0.15) is 0 Å². The number of benzene rings is 1. The first kappa shape index (κ1) is 12.2. The first-order chi connectivity index (χ1) is 9.42. The number of ether oxygens (including phenoxy) is 1. The fraction of sp³-hybridized carbons (Fsp3) is 0.400. The number of hydrogen-bond acceptors (Lipinski definition) is 3. The van der Waals surface area contributed by atoms with Crippen LogP contribution in [0.25, 0.3) is 11.3 Å². The minimum absolute atomic E-state index is 0.528. The van der Waals surface area contributed by atoms with Crippen molar-refractivity contribution in [1.82, 2.24) is 9.97 Å². The molecule has 1 aromatic carbocycles. The van der Waals surface area contributed by atoms with Gasteiger partial charge in [0.15, 0.2) is 0 Å². The minimum atomic E-state index is 0.528. The third-order valence-corrected chi connectivity index (χ3v) is 3.52. The van der Waals surface area contributed by atoms with Crippen molar-refractivity contribution in [3.63, 3.8) is 0 Å². The monoisotopic (exact) mass is 257 g/mol. The molecule has 4 nitrogen and oxygen atoms in total. The van der Waals surface area contributed by atoms with E-state index < -0.39 is 0 Å². The summed E-state index contributed by atoms with van der Waals surface area (Å²) in [6.45, 7) is 1.76. The summed E-state index contributed by atoms with van der Waals surface area (Å²) in [5.41, 5.74) is 3.39. The summed E-state index contributed by atoms with van der Waals surface area (Å²) >= 11 is 0. The van der Waals surface area contributed by atoms with Crippen LogP contribution in [0, 0.1) is 0 Å². The molecular weight excluding hydrogens is 238 g/mol. The van der Waals surface area contributed by atoms with E-state index in [0.29, 0.717) is 6.04 Å². The zero-order chi connectivity index (χ0) is 12.9. The molecule has 0 amide bonds. The van der Waals surface area contributed by atoms with Crippen LogP contribution in [0.15, 0.2) is 36.8 Å². The van der Waals surface area contributed by atoms with Crippen molar-refractivity contribution in [1.29, 1.82) is 0 Å². The normalized spacial score (nSPS) is 19.9. The second-order valence-corrected chi connectivity index (χ2v) is 4.93. The molecule has 1 atom stereocenters. The number of anilines is 1. The molecule has 1 aromatic heterocycles. The SMILES string of the molecule is c1ncc(-c2ccc(NC3CCCOCC3)cc2)[nH]1. The van der Waals surface area contributed by atoms with Gasteiger partial charge in [-0.05, 0) is 37.0 Å². The third-order valence-electron chi connectivity index (χ3n) is 3.52. The van der Waals surface area contributed by atoms with Crippen LogP contribution >= 0.6 is 0 Å². The number of H-pyrrole nitrogens is 1. The predicted octanol–water partition coefficient (Wildman–Crippen LogP) is 3.06. The lowest BCUT2D eigenvalue weighted by Crippen LogP contribution is -2.19. The summed E-state index contributed by atoms with van der Waals surface area (Å²) in [5.74, 6) is 0. The number of imidazole rings is 1. The minimum Gasteiger partial charge on any atom is -0.382 e. The lowest BCUT2D eigenvalue weighted by atomic mass is 10.1. The highest BCUT2D eigenvalue weighted by atomic mass is 16.5. The van der Waals surface area contributed by atoms with Gasteiger partial charge in [0, 0.05) is 24.9 Å². The standard InChI is InChI=1S/C15H19N3O/c1-2-13(7-9-19-8-1)18-14-5-3-12(4-6-14)15-10-16-11-17-15/h3-6,10-11,13,18H,1-2,7-9H2,(H,16,17). The number of nitrogens with zero attached hydrogens (tertiary/aromatic N) is 1. The first-order valence-corrected chi connectivity index (χ1v) is 6.85. The lowest BCUT2D eigenvalue weighted by Gasteiger charge is -2.17. The van der Waals surface area contributed by atoms with Gasteiger partial charge in [-0.15, -0.1) is 0 Å². The Morgan fingerprint density at radius 1 is 1.16 bits per heavy atom. The number of nitrogens with one attached hydrogen (secondary N) is 2. The molecule has 0 aliphatic carbocycles. The van der Waals surface area contributed by atoms with E-state index in [4.69, 9.17) is 4.74 Å². The van der Waals surface area contributed by atoms with Crippen LogP contribution < -0.4 is 5.32 Å². The molecule has 1 aliphatic rings. The molecule has 2 heterocycles. The van der Waals surface area contributed by atoms with Crippen LogP contribution in [-0.2, 0) is 4.74 Å². The van der Waals surface area contributed by atoms with Crippen LogP contribution in [0.5, 0.6) is 0 Å². The molecule has 100 valence electrons. The van der Waals surface area contributed by atoms with Gasteiger partial charge < -0.3 is 15.0 Å². The Balaban J connectivity index is 1.65. The largest absolute Gasteiger partial charge is 0.382 e. The molecule has 1 fully saturated rings. The van der Waals surface area contributed by atoms with E-state index in [-0.39, 0.29) is 0 Å². The van der Waals surface area contributed by atoms with Crippen LogP contribution in [0.3, 0.4) is 0 Å². The van der Waals surface area contributed by atoms with E-state index in [9.17, 15) is 0 Å². The van der Waals surface area contributed by atoms with Gasteiger partial charge in [-0.25, -0.2) is 4.98 Å². The molecule has 2 aromatic rings. The highest BCUT2D eigenvalue weighted by Crippen LogP contribution is 2.21. The summed E-state index contributed by atoms with van der Waals surface area (Å²) in [7, 11) is 0. The second-order valence-electron chi connectivity index (χ2n) is 4.93. The van der Waals surface area contributed by atoms with Crippen LogP contribution in [0.1, 0.15) is 19.3 Å². The summed E-state index contributed by atoms with van der Waals surface area (Å²) < 4.78 is 5.48. The Morgan fingerprint density at radius 3 is 2.84 bits per heavy atom. The van der Waals surface area contributed by atoms with Gasteiger partial charge in [0.05, 0.1) is 18.2 Å². The quantitative estimate of drug-likeness (QED) is 0.888. The Morgan fingerprint density at radius 2 is 2.05 bits per heavy atom. The number of aromatic amines is 1. The second kappa shape index (κ2) is 5.89. The summed E-state index contributed by atoms with van der Waals surface area (Å²) in [6.07, 6.45) is 6.95. The van der Waals surface area contributed by atoms with E-state index in [2.05, 4.69) is 39.6 Å². The molecule has 1 aliphatic heterocycles.